The van der Waals surface area contributed by atoms with Gasteiger partial charge in [0.2, 0.25) is 0 Å². The van der Waals surface area contributed by atoms with Gasteiger partial charge in [-0.2, -0.15) is 0 Å². The molecule has 1 aromatic heterocycles. The van der Waals surface area contributed by atoms with Crippen molar-refractivity contribution in [1.82, 2.24) is 4.98 Å². The first kappa shape index (κ1) is 12.2. The van der Waals surface area contributed by atoms with Gasteiger partial charge in [0.15, 0.2) is 0 Å². The molecule has 0 saturated carbocycles. The van der Waals surface area contributed by atoms with E-state index < -0.39 is 0 Å². The molecule has 0 amide bonds. The lowest BCUT2D eigenvalue weighted by molar-refractivity contribution is 0.459. The lowest BCUT2D eigenvalue weighted by atomic mass is 9.98. The van der Waals surface area contributed by atoms with Crippen molar-refractivity contribution in [2.75, 3.05) is 23.7 Å². The third-order valence-electron chi connectivity index (χ3n) is 3.88. The van der Waals surface area contributed by atoms with Gasteiger partial charge in [-0.05, 0) is 37.7 Å². The van der Waals surface area contributed by atoms with E-state index in [-0.39, 0.29) is 0 Å². The first-order valence-electron chi connectivity index (χ1n) is 6.67. The molecule has 0 spiro atoms. The van der Waals surface area contributed by atoms with Crippen LogP contribution in [0.5, 0.6) is 0 Å². The number of nitrogens with two attached hydrogens (primary N) is 1. The van der Waals surface area contributed by atoms with Crippen LogP contribution in [-0.4, -0.2) is 18.1 Å². The molecule has 94 valence electrons. The first-order valence-corrected chi connectivity index (χ1v) is 6.67. The van der Waals surface area contributed by atoms with Gasteiger partial charge in [0.25, 0.3) is 0 Å². The van der Waals surface area contributed by atoms with Crippen molar-refractivity contribution in [3.63, 3.8) is 0 Å². The van der Waals surface area contributed by atoms with Crippen LogP contribution in [0.1, 0.15) is 38.2 Å². The summed E-state index contributed by atoms with van der Waals surface area (Å²) in [7, 11) is 0. The molecule has 3 nitrogen and oxygen atoms in total. The molecule has 0 bridgehead atoms. The molecule has 1 aliphatic heterocycles. The molecule has 3 heteroatoms. The standard InChI is InChI=1S/C14H23N3/c1-3-12-5-4-7-17(8-6-12)14-9-13(15)11(2)10-16-14/h9-10,12H,3-8H2,1-2H3,(H2,15,16). The Morgan fingerprint density at radius 2 is 2.24 bits per heavy atom. The minimum atomic E-state index is 0.853. The Morgan fingerprint density at radius 3 is 2.94 bits per heavy atom. The monoisotopic (exact) mass is 233 g/mol. The fourth-order valence-corrected chi connectivity index (χ4v) is 2.50. The minimum absolute atomic E-state index is 0.853. The summed E-state index contributed by atoms with van der Waals surface area (Å²) in [5.74, 6) is 1.94. The summed E-state index contributed by atoms with van der Waals surface area (Å²) in [5.41, 5.74) is 7.87. The summed E-state index contributed by atoms with van der Waals surface area (Å²) in [4.78, 5) is 6.88. The van der Waals surface area contributed by atoms with E-state index in [4.69, 9.17) is 5.73 Å². The summed E-state index contributed by atoms with van der Waals surface area (Å²) in [5, 5.41) is 0. The van der Waals surface area contributed by atoms with Crippen LogP contribution >= 0.6 is 0 Å². The zero-order chi connectivity index (χ0) is 12.3. The van der Waals surface area contributed by atoms with Gasteiger partial charge in [0.05, 0.1) is 0 Å². The van der Waals surface area contributed by atoms with Gasteiger partial charge in [-0.25, -0.2) is 4.98 Å². The van der Waals surface area contributed by atoms with E-state index >= 15 is 0 Å². The predicted molar refractivity (Wildman–Crippen MR) is 73.2 cm³/mol. The van der Waals surface area contributed by atoms with Crippen LogP contribution in [0.3, 0.4) is 0 Å². The van der Waals surface area contributed by atoms with Gasteiger partial charge in [-0.1, -0.05) is 13.3 Å². The quantitative estimate of drug-likeness (QED) is 0.854. The summed E-state index contributed by atoms with van der Waals surface area (Å²) >= 11 is 0. The van der Waals surface area contributed by atoms with E-state index in [1.54, 1.807) is 0 Å². The van der Waals surface area contributed by atoms with Crippen molar-refractivity contribution in [2.24, 2.45) is 5.92 Å². The van der Waals surface area contributed by atoms with Crippen LogP contribution in [0, 0.1) is 12.8 Å². The summed E-state index contributed by atoms with van der Waals surface area (Å²) in [6, 6.07) is 2.02. The second kappa shape index (κ2) is 5.39. The largest absolute Gasteiger partial charge is 0.398 e. The number of nitrogens with zero attached hydrogens (tertiary/aromatic N) is 2. The van der Waals surface area contributed by atoms with Crippen LogP contribution in [0.2, 0.25) is 0 Å². The molecule has 0 aromatic carbocycles. The molecular weight excluding hydrogens is 210 g/mol. The number of hydrogen-bond donors (Lipinski definition) is 1. The van der Waals surface area contributed by atoms with Crippen LogP contribution in [0.25, 0.3) is 0 Å². The molecule has 2 rings (SSSR count). The molecule has 1 aromatic rings. The average molecular weight is 233 g/mol. The second-order valence-corrected chi connectivity index (χ2v) is 5.09. The van der Waals surface area contributed by atoms with E-state index in [1.165, 1.54) is 25.7 Å². The third-order valence-corrected chi connectivity index (χ3v) is 3.88. The molecule has 1 atom stereocenters. The Kier molecular flexibility index (Phi) is 3.87. The van der Waals surface area contributed by atoms with Gasteiger partial charge < -0.3 is 10.6 Å². The minimum Gasteiger partial charge on any atom is -0.398 e. The third kappa shape index (κ3) is 2.90. The highest BCUT2D eigenvalue weighted by atomic mass is 15.2. The fourth-order valence-electron chi connectivity index (χ4n) is 2.50. The Hall–Kier alpha value is -1.25. The number of rotatable bonds is 2. The maximum atomic E-state index is 5.95. The molecule has 1 saturated heterocycles. The molecule has 1 aliphatic rings. The molecule has 1 unspecified atom stereocenters. The van der Waals surface area contributed by atoms with E-state index in [1.807, 2.05) is 19.2 Å². The van der Waals surface area contributed by atoms with Crippen molar-refractivity contribution in [3.05, 3.63) is 17.8 Å². The highest BCUT2D eigenvalue weighted by Gasteiger charge is 2.16. The van der Waals surface area contributed by atoms with Crippen molar-refractivity contribution in [1.29, 1.82) is 0 Å². The zero-order valence-corrected chi connectivity index (χ0v) is 10.9. The van der Waals surface area contributed by atoms with Gasteiger partial charge in [-0.3, -0.25) is 0 Å². The molecule has 2 heterocycles. The average Bonchev–Trinajstić information content (AvgIpc) is 2.58. The lowest BCUT2D eigenvalue weighted by Crippen LogP contribution is -2.25. The number of hydrogen-bond acceptors (Lipinski definition) is 3. The predicted octanol–water partition coefficient (Wildman–Crippen LogP) is 2.99. The Labute approximate surface area is 104 Å². The maximum absolute atomic E-state index is 5.95. The number of aryl methyl sites for hydroxylation is 1. The van der Waals surface area contributed by atoms with Gasteiger partial charge in [0.1, 0.15) is 5.82 Å². The van der Waals surface area contributed by atoms with Gasteiger partial charge in [0, 0.05) is 31.0 Å². The fraction of sp³-hybridized carbons (Fsp3) is 0.643. The maximum Gasteiger partial charge on any atom is 0.130 e. The molecule has 1 fully saturated rings. The van der Waals surface area contributed by atoms with Gasteiger partial charge >= 0.3 is 0 Å². The van der Waals surface area contributed by atoms with Crippen LogP contribution in [0.15, 0.2) is 12.3 Å². The first-order chi connectivity index (χ1) is 8.20. The Bertz CT molecular complexity index is 376. The molecule has 17 heavy (non-hydrogen) atoms. The second-order valence-electron chi connectivity index (χ2n) is 5.09. The number of aromatic nitrogens is 1. The molecule has 0 aliphatic carbocycles. The summed E-state index contributed by atoms with van der Waals surface area (Å²) in [6.45, 7) is 6.53. The van der Waals surface area contributed by atoms with E-state index in [0.717, 1.165) is 36.1 Å². The molecular formula is C14H23N3. The normalized spacial score (nSPS) is 21.3. The molecule has 0 radical (unpaired) electrons. The van der Waals surface area contributed by atoms with Crippen molar-refractivity contribution >= 4 is 11.5 Å². The SMILES string of the molecule is CCC1CCCN(c2cc(N)c(C)cn2)CC1. The summed E-state index contributed by atoms with van der Waals surface area (Å²) < 4.78 is 0. The lowest BCUT2D eigenvalue weighted by Gasteiger charge is -2.22. The van der Waals surface area contributed by atoms with Crippen LogP contribution in [-0.2, 0) is 0 Å². The van der Waals surface area contributed by atoms with Crippen molar-refractivity contribution in [2.45, 2.75) is 39.5 Å². The number of anilines is 2. The van der Waals surface area contributed by atoms with Crippen LogP contribution in [0.4, 0.5) is 11.5 Å². The van der Waals surface area contributed by atoms with E-state index in [2.05, 4.69) is 16.8 Å². The number of nitrogen functional groups attached to an aromatic ring is 1. The van der Waals surface area contributed by atoms with Crippen molar-refractivity contribution in [3.8, 4) is 0 Å². The Morgan fingerprint density at radius 1 is 1.41 bits per heavy atom. The van der Waals surface area contributed by atoms with E-state index in [0.29, 0.717) is 0 Å². The Balaban J connectivity index is 2.08. The van der Waals surface area contributed by atoms with Gasteiger partial charge in [-0.15, -0.1) is 0 Å². The smallest absolute Gasteiger partial charge is 0.130 e. The zero-order valence-electron chi connectivity index (χ0n) is 10.9. The number of pyridine rings is 1. The van der Waals surface area contributed by atoms with Crippen LogP contribution < -0.4 is 10.6 Å². The van der Waals surface area contributed by atoms with E-state index in [9.17, 15) is 0 Å². The topological polar surface area (TPSA) is 42.1 Å². The highest BCUT2D eigenvalue weighted by Crippen LogP contribution is 2.24. The summed E-state index contributed by atoms with van der Waals surface area (Å²) in [6.07, 6.45) is 7.10. The molecule has 2 N–H and O–H groups in total. The van der Waals surface area contributed by atoms with Crippen molar-refractivity contribution < 1.29 is 0 Å². The highest BCUT2D eigenvalue weighted by molar-refractivity contribution is 5.54.